The Hall–Kier alpha value is -10.5. The van der Waals surface area contributed by atoms with E-state index in [-0.39, 0.29) is 5.41 Å². The molecule has 4 aliphatic carbocycles. The van der Waals surface area contributed by atoms with Gasteiger partial charge in [-0.2, -0.15) is 0 Å². The molecule has 13 aromatic carbocycles. The van der Waals surface area contributed by atoms with Gasteiger partial charge in [-0.3, -0.25) is 0 Å². The van der Waals surface area contributed by atoms with Gasteiger partial charge in [-0.15, -0.1) is 0 Å². The SMILES string of the molecule is c1ccc2c(c1)-c1ccccc1C21c2ccccc2-c2cc(-c3ccc(N(c4ccc(-c5cccc6c5Oc5c(ccc7c5-c5ccccc5C75c7ccccc7-c7ccccc75)O6)cc4)c4ccc5ccccc5c4)cc3)ccc21. The van der Waals surface area contributed by atoms with Crippen LogP contribution in [-0.2, 0) is 10.8 Å². The third-order valence-electron chi connectivity index (χ3n) is 18.4. The average molecular weight is 1030 g/mol. The minimum absolute atomic E-state index is 0.364. The number of anilines is 3. The van der Waals surface area contributed by atoms with Crippen LogP contribution in [0.15, 0.2) is 285 Å². The van der Waals surface area contributed by atoms with Gasteiger partial charge in [0.2, 0.25) is 0 Å². The van der Waals surface area contributed by atoms with E-state index < -0.39 is 5.41 Å². The van der Waals surface area contributed by atoms with Crippen molar-refractivity contribution in [3.63, 3.8) is 0 Å². The second kappa shape index (κ2) is 16.5. The average Bonchev–Trinajstić information content (AvgIpc) is 2.62. The van der Waals surface area contributed by atoms with Gasteiger partial charge in [0.05, 0.1) is 10.8 Å². The first-order chi connectivity index (χ1) is 40.2. The topological polar surface area (TPSA) is 21.7 Å². The van der Waals surface area contributed by atoms with Gasteiger partial charge in [0, 0.05) is 28.2 Å². The molecule has 3 nitrogen and oxygen atoms in total. The zero-order valence-electron chi connectivity index (χ0n) is 43.9. The van der Waals surface area contributed by atoms with E-state index in [1.54, 1.807) is 0 Å². The maximum absolute atomic E-state index is 7.31. The molecule has 13 aromatic rings. The summed E-state index contributed by atoms with van der Waals surface area (Å²) in [5.74, 6) is 2.87. The lowest BCUT2D eigenvalue weighted by Crippen LogP contribution is -2.25. The molecule has 0 saturated heterocycles. The molecule has 0 unspecified atom stereocenters. The van der Waals surface area contributed by atoms with Gasteiger partial charge in [-0.1, -0.05) is 231 Å². The second-order valence-electron chi connectivity index (χ2n) is 22.1. The van der Waals surface area contributed by atoms with Crippen molar-refractivity contribution in [2.24, 2.45) is 0 Å². The summed E-state index contributed by atoms with van der Waals surface area (Å²) >= 11 is 0. The third kappa shape index (κ3) is 5.91. The van der Waals surface area contributed by atoms with Gasteiger partial charge >= 0.3 is 0 Å². The molecule has 0 radical (unpaired) electrons. The van der Waals surface area contributed by atoms with Crippen molar-refractivity contribution >= 4 is 27.8 Å². The van der Waals surface area contributed by atoms with Crippen molar-refractivity contribution in [2.75, 3.05) is 4.90 Å². The van der Waals surface area contributed by atoms with Crippen LogP contribution in [0.5, 0.6) is 23.0 Å². The highest BCUT2D eigenvalue weighted by Crippen LogP contribution is 2.67. The molecule has 3 heteroatoms. The number of rotatable bonds is 5. The number of hydrogen-bond acceptors (Lipinski definition) is 3. The van der Waals surface area contributed by atoms with Gasteiger partial charge in [0.15, 0.2) is 23.0 Å². The molecule has 0 fully saturated rings. The third-order valence-corrected chi connectivity index (χ3v) is 18.4. The van der Waals surface area contributed by atoms with Crippen molar-refractivity contribution in [3.8, 4) is 89.8 Å². The Labute approximate surface area is 469 Å². The van der Waals surface area contributed by atoms with E-state index in [9.17, 15) is 0 Å². The van der Waals surface area contributed by atoms with Crippen LogP contribution in [0.25, 0.3) is 77.5 Å². The lowest BCUT2D eigenvalue weighted by molar-refractivity contribution is 0.361. The minimum atomic E-state index is -0.487. The minimum Gasteiger partial charge on any atom is -0.449 e. The standard InChI is InChI=1S/C78H47NO2/c1-2-17-51-46-55(42-34-48(51)16-1)79(53-38-32-49(33-39-53)52-37-43-70-63(47-52)61-22-7-13-29-68(61)77(70)64-25-9-3-18-57(64)58-19-4-10-26-65(58)77)54-40-35-50(36-41-54)56-24-15-31-72-75(56)81-76-73(80-72)45-44-71-74(76)62-23-8-14-30-69(62)78(71)66-27-11-5-20-59(66)60-21-6-12-28-67(60)78/h1-47H. The van der Waals surface area contributed by atoms with E-state index in [1.165, 1.54) is 105 Å². The monoisotopic (exact) mass is 1030 g/mol. The van der Waals surface area contributed by atoms with E-state index in [0.717, 1.165) is 39.5 Å². The van der Waals surface area contributed by atoms with Crippen LogP contribution in [0, 0.1) is 0 Å². The molecule has 0 N–H and O–H groups in total. The summed E-state index contributed by atoms with van der Waals surface area (Å²) in [6.07, 6.45) is 0. The molecule has 5 aliphatic rings. The van der Waals surface area contributed by atoms with E-state index in [1.807, 2.05) is 6.07 Å². The summed E-state index contributed by atoms with van der Waals surface area (Å²) in [7, 11) is 0. The summed E-state index contributed by atoms with van der Waals surface area (Å²) in [5.41, 5.74) is 27.2. The van der Waals surface area contributed by atoms with Crippen LogP contribution in [0.4, 0.5) is 17.1 Å². The largest absolute Gasteiger partial charge is 0.449 e. The maximum Gasteiger partial charge on any atom is 0.178 e. The fourth-order valence-electron chi connectivity index (χ4n) is 15.1. The molecule has 0 saturated carbocycles. The molecular weight excluding hydrogens is 983 g/mol. The zero-order chi connectivity index (χ0) is 53.0. The molecule has 2 spiro atoms. The molecule has 0 atom stereocenters. The molecule has 1 heterocycles. The smallest absolute Gasteiger partial charge is 0.178 e. The fourth-order valence-corrected chi connectivity index (χ4v) is 15.1. The summed E-state index contributed by atoms with van der Waals surface area (Å²) in [6, 6.07) is 105. The normalized spacial score (nSPS) is 14.1. The number of nitrogens with zero attached hydrogens (tertiary/aromatic N) is 1. The predicted molar refractivity (Wildman–Crippen MR) is 329 cm³/mol. The molecule has 81 heavy (non-hydrogen) atoms. The molecule has 376 valence electrons. The highest BCUT2D eigenvalue weighted by molar-refractivity contribution is 6.00. The highest BCUT2D eigenvalue weighted by atomic mass is 16.6. The van der Waals surface area contributed by atoms with Crippen LogP contribution < -0.4 is 14.4 Å². The van der Waals surface area contributed by atoms with Gasteiger partial charge in [-0.25, -0.2) is 0 Å². The number of fused-ring (bicyclic) bond motifs is 24. The highest BCUT2D eigenvalue weighted by Gasteiger charge is 2.54. The first kappa shape index (κ1) is 44.5. The van der Waals surface area contributed by atoms with Crippen LogP contribution in [0.3, 0.4) is 0 Å². The molecule has 18 rings (SSSR count). The Balaban J connectivity index is 0.717. The second-order valence-corrected chi connectivity index (χ2v) is 22.1. The number of hydrogen-bond donors (Lipinski definition) is 0. The van der Waals surface area contributed by atoms with Gasteiger partial charge < -0.3 is 14.4 Å². The van der Waals surface area contributed by atoms with Gasteiger partial charge in [0.25, 0.3) is 0 Å². The summed E-state index contributed by atoms with van der Waals surface area (Å²) in [6.45, 7) is 0. The Kier molecular flexibility index (Phi) is 9.08. The van der Waals surface area contributed by atoms with Crippen molar-refractivity contribution in [1.82, 2.24) is 0 Å². The van der Waals surface area contributed by atoms with Crippen molar-refractivity contribution in [3.05, 3.63) is 330 Å². The molecule has 0 bridgehead atoms. The fraction of sp³-hybridized carbons (Fsp3) is 0.0256. The van der Waals surface area contributed by atoms with Crippen LogP contribution in [-0.4, -0.2) is 0 Å². The Bertz CT molecular complexity index is 4750. The quantitative estimate of drug-likeness (QED) is 0.171. The van der Waals surface area contributed by atoms with Gasteiger partial charge in [-0.05, 0) is 166 Å². The van der Waals surface area contributed by atoms with Crippen molar-refractivity contribution < 1.29 is 9.47 Å². The van der Waals surface area contributed by atoms with E-state index in [4.69, 9.17) is 9.47 Å². The summed E-state index contributed by atoms with van der Waals surface area (Å²) in [5, 5.41) is 2.39. The van der Waals surface area contributed by atoms with E-state index in [0.29, 0.717) is 17.2 Å². The predicted octanol–water partition coefficient (Wildman–Crippen LogP) is 20.2. The summed E-state index contributed by atoms with van der Waals surface area (Å²) in [4.78, 5) is 2.36. The first-order valence-electron chi connectivity index (χ1n) is 28.1. The molecule has 0 amide bonds. The Morgan fingerprint density at radius 3 is 1.25 bits per heavy atom. The first-order valence-corrected chi connectivity index (χ1v) is 28.1. The van der Waals surface area contributed by atoms with Gasteiger partial charge in [0.1, 0.15) is 0 Å². The number of ether oxygens (including phenoxy) is 2. The van der Waals surface area contributed by atoms with E-state index >= 15 is 0 Å². The van der Waals surface area contributed by atoms with Crippen LogP contribution in [0.1, 0.15) is 44.5 Å². The Morgan fingerprint density at radius 1 is 0.235 bits per heavy atom. The summed E-state index contributed by atoms with van der Waals surface area (Å²) < 4.78 is 14.2. The zero-order valence-corrected chi connectivity index (χ0v) is 43.9. The number of benzene rings is 13. The molecule has 1 aliphatic heterocycles. The Morgan fingerprint density at radius 2 is 0.654 bits per heavy atom. The lowest BCUT2D eigenvalue weighted by atomic mass is 9.70. The molecule has 0 aromatic heterocycles. The van der Waals surface area contributed by atoms with Crippen LogP contribution in [0.2, 0.25) is 0 Å². The lowest BCUT2D eigenvalue weighted by Gasteiger charge is -2.31. The van der Waals surface area contributed by atoms with Crippen molar-refractivity contribution in [1.29, 1.82) is 0 Å². The molecular formula is C78H47NO2. The number of para-hydroxylation sites is 1. The van der Waals surface area contributed by atoms with Crippen molar-refractivity contribution in [2.45, 2.75) is 10.8 Å². The van der Waals surface area contributed by atoms with E-state index in [2.05, 4.69) is 284 Å². The maximum atomic E-state index is 7.31. The van der Waals surface area contributed by atoms with Crippen LogP contribution >= 0.6 is 0 Å².